The lowest BCUT2D eigenvalue weighted by Gasteiger charge is -2.10. The summed E-state index contributed by atoms with van der Waals surface area (Å²) in [5.41, 5.74) is 0.285. The maximum Gasteiger partial charge on any atom is 0.311 e. The molecule has 0 spiro atoms. The quantitative estimate of drug-likeness (QED) is 0.0324. The molecule has 0 heterocycles. The van der Waals surface area contributed by atoms with Gasteiger partial charge in [0, 0.05) is 19.4 Å². The van der Waals surface area contributed by atoms with E-state index < -0.39 is 5.97 Å². The van der Waals surface area contributed by atoms with Crippen LogP contribution in [0.5, 0.6) is 5.75 Å². The Morgan fingerprint density at radius 3 is 1.22 bits per heavy atom. The third-order valence-electron chi connectivity index (χ3n) is 8.45. The van der Waals surface area contributed by atoms with E-state index in [4.69, 9.17) is 9.47 Å². The number of allylic oxidation sites excluding steroid dienone is 24. The predicted octanol–water partition coefficient (Wildman–Crippen LogP) is 14.2. The number of rotatable bonds is 34. The van der Waals surface area contributed by atoms with E-state index in [0.29, 0.717) is 32.2 Å². The van der Waals surface area contributed by atoms with E-state index in [1.165, 1.54) is 0 Å². The molecule has 60 heavy (non-hydrogen) atoms. The minimum absolute atomic E-state index is 0.212. The van der Waals surface area contributed by atoms with E-state index in [1.807, 2.05) is 18.2 Å². The van der Waals surface area contributed by atoms with Gasteiger partial charge in [0.25, 0.3) is 5.91 Å². The minimum atomic E-state index is -0.397. The lowest BCUT2D eigenvalue weighted by Crippen LogP contribution is -2.26. The molecule has 0 aliphatic carbocycles. The molecule has 324 valence electrons. The zero-order valence-corrected chi connectivity index (χ0v) is 36.6. The van der Waals surface area contributed by atoms with Crippen LogP contribution in [0.15, 0.2) is 170 Å². The molecule has 0 bridgehead atoms. The van der Waals surface area contributed by atoms with Crippen LogP contribution < -0.4 is 10.1 Å². The molecule has 1 N–H and O–H groups in total. The Morgan fingerprint density at radius 1 is 0.467 bits per heavy atom. The minimum Gasteiger partial charge on any atom is -0.466 e. The highest BCUT2D eigenvalue weighted by Gasteiger charge is 2.14. The number of nitrogens with one attached hydrogen (secondary N) is 1. The zero-order chi connectivity index (χ0) is 43.2. The number of esters is 2. The second-order valence-electron chi connectivity index (χ2n) is 13.7. The standard InChI is InChI=1S/C54H73NO5/c1-3-5-7-9-11-13-15-17-19-21-23-25-27-29-31-33-35-37-39-46-52(56)59-49-43-48-55-54(58)50-44-41-42-45-51(50)60-53(57)47-40-38-36-34-32-30-28-26-24-22-20-18-16-14-12-10-8-6-4-2/h5-8,11-14,17-20,23-26,29-32,35-38,41-42,44-45H,3-4,9-10,15-16,21-22,27-28,33-34,39-40,43,46-49H2,1-2H3,(H,55,58). The van der Waals surface area contributed by atoms with Crippen LogP contribution >= 0.6 is 0 Å². The molecule has 0 aliphatic rings. The van der Waals surface area contributed by atoms with Gasteiger partial charge in [-0.25, -0.2) is 0 Å². The van der Waals surface area contributed by atoms with Gasteiger partial charge in [0.15, 0.2) is 0 Å². The first-order chi connectivity index (χ1) is 29.6. The third-order valence-corrected chi connectivity index (χ3v) is 8.45. The van der Waals surface area contributed by atoms with Crippen LogP contribution in [-0.2, 0) is 14.3 Å². The molecule has 6 nitrogen and oxygen atoms in total. The Labute approximate surface area is 363 Å². The average molecular weight is 816 g/mol. The van der Waals surface area contributed by atoms with E-state index in [9.17, 15) is 14.4 Å². The van der Waals surface area contributed by atoms with Gasteiger partial charge in [0.1, 0.15) is 5.75 Å². The van der Waals surface area contributed by atoms with Crippen LogP contribution in [0.4, 0.5) is 0 Å². The SMILES string of the molecule is CCC=CCC=CCC=CCC=CCC=CCC=CCCC(=O)OCCCNC(=O)c1ccccc1OC(=O)CCC=CCC=CCC=CCC=CCC=CCC=CCC. The van der Waals surface area contributed by atoms with Crippen molar-refractivity contribution in [3.05, 3.63) is 176 Å². The van der Waals surface area contributed by atoms with Crippen molar-refractivity contribution in [2.24, 2.45) is 0 Å². The second-order valence-corrected chi connectivity index (χ2v) is 13.7. The van der Waals surface area contributed by atoms with Crippen molar-refractivity contribution < 1.29 is 23.9 Å². The maximum atomic E-state index is 12.8. The number of carbonyl (C=O) groups excluding carboxylic acids is 3. The van der Waals surface area contributed by atoms with Crippen molar-refractivity contribution >= 4 is 17.8 Å². The molecule has 1 aromatic rings. The highest BCUT2D eigenvalue weighted by molar-refractivity contribution is 5.97. The average Bonchev–Trinajstić information content (AvgIpc) is 3.25. The molecule has 1 aromatic carbocycles. The van der Waals surface area contributed by atoms with Gasteiger partial charge < -0.3 is 14.8 Å². The highest BCUT2D eigenvalue weighted by atomic mass is 16.5. The lowest BCUT2D eigenvalue weighted by atomic mass is 10.2. The number of para-hydroxylation sites is 1. The van der Waals surface area contributed by atoms with E-state index in [1.54, 1.807) is 24.3 Å². The largest absolute Gasteiger partial charge is 0.466 e. The number of ether oxygens (including phenoxy) is 2. The van der Waals surface area contributed by atoms with Gasteiger partial charge in [0.2, 0.25) is 0 Å². The molecule has 6 heteroatoms. The van der Waals surface area contributed by atoms with Gasteiger partial charge in [-0.1, -0.05) is 172 Å². The number of amides is 1. The molecular formula is C54H73NO5. The van der Waals surface area contributed by atoms with Crippen molar-refractivity contribution in [3.63, 3.8) is 0 Å². The highest BCUT2D eigenvalue weighted by Crippen LogP contribution is 2.19. The van der Waals surface area contributed by atoms with Crippen LogP contribution in [0.25, 0.3) is 0 Å². The molecule has 0 unspecified atom stereocenters. The van der Waals surface area contributed by atoms with Crippen molar-refractivity contribution in [1.82, 2.24) is 5.32 Å². The number of benzene rings is 1. The fourth-order valence-corrected chi connectivity index (χ4v) is 5.23. The molecule has 0 saturated heterocycles. The third kappa shape index (κ3) is 34.5. The smallest absolute Gasteiger partial charge is 0.311 e. The first-order valence-corrected chi connectivity index (χ1v) is 22.1. The monoisotopic (exact) mass is 816 g/mol. The summed E-state index contributed by atoms with van der Waals surface area (Å²) < 4.78 is 10.8. The predicted molar refractivity (Wildman–Crippen MR) is 255 cm³/mol. The van der Waals surface area contributed by atoms with E-state index in [-0.39, 0.29) is 36.2 Å². The number of hydrogen-bond donors (Lipinski definition) is 1. The van der Waals surface area contributed by atoms with E-state index in [0.717, 1.165) is 77.0 Å². The topological polar surface area (TPSA) is 81.7 Å². The number of hydrogen-bond acceptors (Lipinski definition) is 5. The first-order valence-electron chi connectivity index (χ1n) is 22.1. The van der Waals surface area contributed by atoms with Crippen molar-refractivity contribution in [1.29, 1.82) is 0 Å². The molecule has 0 atom stereocenters. The van der Waals surface area contributed by atoms with Crippen LogP contribution in [0.3, 0.4) is 0 Å². The van der Waals surface area contributed by atoms with Gasteiger partial charge in [-0.3, -0.25) is 14.4 Å². The van der Waals surface area contributed by atoms with Gasteiger partial charge >= 0.3 is 11.9 Å². The summed E-state index contributed by atoms with van der Waals surface area (Å²) in [5, 5.41) is 2.82. The summed E-state index contributed by atoms with van der Waals surface area (Å²) in [6.07, 6.45) is 65.2. The molecule has 0 aliphatic heterocycles. The molecule has 0 radical (unpaired) electrons. The molecule has 1 rings (SSSR count). The lowest BCUT2D eigenvalue weighted by molar-refractivity contribution is -0.143. The van der Waals surface area contributed by atoms with E-state index >= 15 is 0 Å². The summed E-state index contributed by atoms with van der Waals surface area (Å²) in [5.74, 6) is -0.782. The zero-order valence-electron chi connectivity index (χ0n) is 36.6. The van der Waals surface area contributed by atoms with Crippen LogP contribution in [0.1, 0.15) is 133 Å². The Kier molecular flexibility index (Phi) is 36.5. The Hall–Kier alpha value is -5.49. The second kappa shape index (κ2) is 41.7. The fraction of sp³-hybridized carbons (Fsp3) is 0.389. The molecule has 0 aromatic heterocycles. The maximum absolute atomic E-state index is 12.8. The van der Waals surface area contributed by atoms with Gasteiger partial charge in [0.05, 0.1) is 12.2 Å². The molecule has 0 fully saturated rings. The Morgan fingerprint density at radius 2 is 0.817 bits per heavy atom. The summed E-state index contributed by atoms with van der Waals surface area (Å²) in [6.45, 7) is 4.83. The summed E-state index contributed by atoms with van der Waals surface area (Å²) >= 11 is 0. The number of carbonyl (C=O) groups is 3. The van der Waals surface area contributed by atoms with Crippen LogP contribution in [-0.4, -0.2) is 31.0 Å². The molecular weight excluding hydrogens is 743 g/mol. The van der Waals surface area contributed by atoms with Gasteiger partial charge in [-0.15, -0.1) is 0 Å². The van der Waals surface area contributed by atoms with Crippen molar-refractivity contribution in [3.8, 4) is 5.75 Å². The van der Waals surface area contributed by atoms with E-state index in [2.05, 4.69) is 147 Å². The Balaban J connectivity index is 2.14. The summed E-state index contributed by atoms with van der Waals surface area (Å²) in [4.78, 5) is 37.4. The van der Waals surface area contributed by atoms with Gasteiger partial charge in [-0.05, 0) is 108 Å². The summed E-state index contributed by atoms with van der Waals surface area (Å²) in [7, 11) is 0. The Bertz CT molecular complexity index is 1640. The van der Waals surface area contributed by atoms with Crippen LogP contribution in [0.2, 0.25) is 0 Å². The van der Waals surface area contributed by atoms with Crippen LogP contribution in [0, 0.1) is 0 Å². The first kappa shape index (κ1) is 52.5. The fourth-order valence-electron chi connectivity index (χ4n) is 5.23. The molecule has 0 saturated carbocycles. The summed E-state index contributed by atoms with van der Waals surface area (Å²) in [6, 6.07) is 6.69. The van der Waals surface area contributed by atoms with Crippen molar-refractivity contribution in [2.75, 3.05) is 13.2 Å². The normalized spacial score (nSPS) is 12.8. The molecule has 1 amide bonds. The van der Waals surface area contributed by atoms with Crippen molar-refractivity contribution in [2.45, 2.75) is 123 Å². The van der Waals surface area contributed by atoms with Gasteiger partial charge in [-0.2, -0.15) is 0 Å².